The summed E-state index contributed by atoms with van der Waals surface area (Å²) >= 11 is -1.19. The first kappa shape index (κ1) is 38.2. The molecule has 0 spiro atoms. The molecule has 0 atom stereocenters. The van der Waals surface area contributed by atoms with Crippen molar-refractivity contribution in [2.45, 2.75) is 64.2 Å². The first-order chi connectivity index (χ1) is 25.3. The van der Waals surface area contributed by atoms with Gasteiger partial charge in [-0.2, -0.15) is 0 Å². The fourth-order valence-electron chi connectivity index (χ4n) is 8.09. The molecule has 12 heteroatoms. The molecule has 0 unspecified atom stereocenters. The van der Waals surface area contributed by atoms with Crippen LogP contribution in [0.4, 0.5) is 11.4 Å². The monoisotopic (exact) mass is 831 g/mol. The molecular formula is C41H46AsN3O5S3. The van der Waals surface area contributed by atoms with Gasteiger partial charge in [0.2, 0.25) is 0 Å². The van der Waals surface area contributed by atoms with Crippen LogP contribution in [0.3, 0.4) is 0 Å². The van der Waals surface area contributed by atoms with Gasteiger partial charge in [0.25, 0.3) is 11.8 Å². The second-order valence-corrected chi connectivity index (χ2v) is 28.2. The number of benzene rings is 3. The fourth-order valence-corrected chi connectivity index (χ4v) is 22.8. The van der Waals surface area contributed by atoms with Crippen molar-refractivity contribution in [2.24, 2.45) is 0 Å². The van der Waals surface area contributed by atoms with Gasteiger partial charge in [0.05, 0.1) is 11.1 Å². The molecule has 4 aliphatic heterocycles. The summed E-state index contributed by atoms with van der Waals surface area (Å²) in [4.78, 5) is 29.6. The Balaban J connectivity index is 1.15. The Kier molecular flexibility index (Phi) is 11.0. The molecule has 0 bridgehead atoms. The van der Waals surface area contributed by atoms with Crippen molar-refractivity contribution in [3.05, 3.63) is 113 Å². The Hall–Kier alpha value is -3.08. The maximum atomic E-state index is 13.0. The zero-order valence-electron chi connectivity index (χ0n) is 30.7. The summed E-state index contributed by atoms with van der Waals surface area (Å²) in [5.74, 6) is 1.67. The van der Waals surface area contributed by atoms with Gasteiger partial charge in [0, 0.05) is 6.54 Å². The zero-order valence-corrected chi connectivity index (χ0v) is 35.0. The summed E-state index contributed by atoms with van der Waals surface area (Å²) < 4.78 is 38.0. The minimum absolute atomic E-state index is 0.210. The van der Waals surface area contributed by atoms with Crippen molar-refractivity contribution in [3.8, 4) is 0 Å². The number of amides is 2. The van der Waals surface area contributed by atoms with Crippen LogP contribution in [-0.2, 0) is 20.9 Å². The molecule has 4 heterocycles. The third-order valence-corrected chi connectivity index (χ3v) is 25.3. The zero-order chi connectivity index (χ0) is 37.5. The van der Waals surface area contributed by atoms with Crippen LogP contribution in [-0.4, -0.2) is 89.2 Å². The SMILES string of the molecule is CC1(C)C(/C=C/C=C2/N(CCCCS(=O)(=O)[O-])c3ccc([As]4SCCS4)cc3C2(C)C)=[N+](CCCCN2C(=O)c3ccccc3C2=O)c2ccccc21. The van der Waals surface area contributed by atoms with E-state index in [0.29, 0.717) is 43.5 Å². The quantitative estimate of drug-likeness (QED) is 0.0605. The van der Waals surface area contributed by atoms with Crippen molar-refractivity contribution in [1.29, 1.82) is 0 Å². The fraction of sp³-hybridized carbons (Fsp3) is 0.390. The molecule has 53 heavy (non-hydrogen) atoms. The van der Waals surface area contributed by atoms with Crippen LogP contribution in [0.25, 0.3) is 0 Å². The van der Waals surface area contributed by atoms with Crippen molar-refractivity contribution in [2.75, 3.05) is 41.8 Å². The molecule has 0 N–H and O–H groups in total. The van der Waals surface area contributed by atoms with Crippen LogP contribution in [0.1, 0.15) is 85.2 Å². The van der Waals surface area contributed by atoms with E-state index in [9.17, 15) is 22.6 Å². The summed E-state index contributed by atoms with van der Waals surface area (Å²) in [6.45, 7) is 10.8. The molecule has 3 aromatic rings. The molecule has 7 rings (SSSR count). The molecule has 2 amide bonds. The number of fused-ring (bicyclic) bond motifs is 3. The molecule has 0 saturated carbocycles. The van der Waals surface area contributed by atoms with Crippen molar-refractivity contribution >= 4 is 75.8 Å². The number of imide groups is 1. The standard InChI is InChI=1S/C41H46AsN3O5S3/c1-40(2)32-16-7-8-17-34(32)43(22-9-10-24-45-38(46)30-14-5-6-15-31(30)39(45)47)36(40)18-13-19-37-41(3,4)33-28-29(42-51-25-26-52-42)20-21-35(33)44(37)23-11-12-27-53(48,49)50/h5-8,13-21,28H,9-12,22-27H2,1-4H3. The summed E-state index contributed by atoms with van der Waals surface area (Å²) in [6.07, 6.45) is 9.02. The molecule has 1 saturated heterocycles. The number of rotatable bonds is 13. The van der Waals surface area contributed by atoms with Crippen LogP contribution >= 0.6 is 20.0 Å². The maximum absolute atomic E-state index is 13.0. The van der Waals surface area contributed by atoms with E-state index >= 15 is 0 Å². The average molecular weight is 832 g/mol. The predicted octanol–water partition coefficient (Wildman–Crippen LogP) is 6.88. The first-order valence-corrected chi connectivity index (χ1v) is 27.3. The van der Waals surface area contributed by atoms with E-state index < -0.39 is 22.5 Å². The normalized spacial score (nSPS) is 20.0. The summed E-state index contributed by atoms with van der Waals surface area (Å²) in [5, 5.41) is 0. The van der Waals surface area contributed by atoms with Crippen LogP contribution in [0, 0.1) is 0 Å². The summed E-state index contributed by atoms with van der Waals surface area (Å²) in [7, 11) is 0.0199. The Bertz CT molecular complexity index is 2120. The van der Waals surface area contributed by atoms with Crippen LogP contribution in [0.5, 0.6) is 0 Å². The van der Waals surface area contributed by atoms with E-state index in [1.54, 1.807) is 24.3 Å². The van der Waals surface area contributed by atoms with Crippen LogP contribution < -0.4 is 9.25 Å². The third kappa shape index (κ3) is 7.49. The Morgan fingerprint density at radius 2 is 1.45 bits per heavy atom. The molecule has 0 aliphatic carbocycles. The van der Waals surface area contributed by atoms with Crippen molar-refractivity contribution in [3.63, 3.8) is 0 Å². The first-order valence-electron chi connectivity index (χ1n) is 18.3. The van der Waals surface area contributed by atoms with E-state index in [1.165, 1.54) is 43.3 Å². The number of carbonyl (C=O) groups excluding carboxylic acids is 2. The molecule has 4 aliphatic rings. The van der Waals surface area contributed by atoms with E-state index in [-0.39, 0.29) is 28.4 Å². The van der Waals surface area contributed by atoms with Crippen molar-refractivity contribution < 1.29 is 27.1 Å². The predicted molar refractivity (Wildman–Crippen MR) is 218 cm³/mol. The number of nitrogens with zero attached hydrogens (tertiary/aromatic N) is 3. The van der Waals surface area contributed by atoms with E-state index in [1.807, 2.05) is 0 Å². The van der Waals surface area contributed by atoms with Gasteiger partial charge in [-0.25, -0.2) is 0 Å². The van der Waals surface area contributed by atoms with E-state index in [0.717, 1.165) is 24.4 Å². The van der Waals surface area contributed by atoms with Gasteiger partial charge in [0.15, 0.2) is 0 Å². The number of hydrogen-bond acceptors (Lipinski definition) is 8. The topological polar surface area (TPSA) is 101 Å². The number of hydrogen-bond donors (Lipinski definition) is 0. The average Bonchev–Trinajstić information content (AvgIpc) is 3.85. The molecule has 8 nitrogen and oxygen atoms in total. The Labute approximate surface area is 324 Å². The van der Waals surface area contributed by atoms with Gasteiger partial charge >= 0.3 is 240 Å². The van der Waals surface area contributed by atoms with Gasteiger partial charge in [0.1, 0.15) is 0 Å². The second-order valence-electron chi connectivity index (χ2n) is 15.0. The van der Waals surface area contributed by atoms with E-state index in [2.05, 4.69) is 118 Å². The number of para-hydroxylation sites is 1. The van der Waals surface area contributed by atoms with Gasteiger partial charge in [-0.1, -0.05) is 24.3 Å². The number of unbranched alkanes of at least 4 members (excludes halogenated alkanes) is 2. The van der Waals surface area contributed by atoms with Crippen LogP contribution in [0.2, 0.25) is 0 Å². The number of anilines is 1. The van der Waals surface area contributed by atoms with Gasteiger partial charge in [-0.05, 0) is 18.6 Å². The van der Waals surface area contributed by atoms with Crippen molar-refractivity contribution in [1.82, 2.24) is 4.90 Å². The Morgan fingerprint density at radius 3 is 2.15 bits per heavy atom. The van der Waals surface area contributed by atoms with Gasteiger partial charge < -0.3 is 0 Å². The summed E-state index contributed by atoms with van der Waals surface area (Å²) in [6, 6.07) is 22.5. The summed E-state index contributed by atoms with van der Waals surface area (Å²) in [5.41, 5.74) is 7.68. The van der Waals surface area contributed by atoms with Gasteiger partial charge in [-0.3, -0.25) is 14.5 Å². The molecule has 1 fully saturated rings. The minimum atomic E-state index is -4.26. The molecule has 278 valence electrons. The second kappa shape index (κ2) is 15.2. The third-order valence-electron chi connectivity index (χ3n) is 10.8. The van der Waals surface area contributed by atoms with E-state index in [4.69, 9.17) is 0 Å². The molecule has 0 radical (unpaired) electrons. The van der Waals surface area contributed by atoms with Gasteiger partial charge in [-0.15, -0.1) is 0 Å². The number of carbonyl (C=O) groups is 2. The molecule has 3 aromatic carbocycles. The molecular weight excluding hydrogens is 786 g/mol. The van der Waals surface area contributed by atoms with Crippen LogP contribution in [0.15, 0.2) is 90.7 Å². The number of allylic oxidation sites excluding steroid dienone is 4. The molecule has 0 aromatic heterocycles. The Morgan fingerprint density at radius 1 is 0.811 bits per heavy atom.